The third-order valence-electron chi connectivity index (χ3n) is 2.15. The summed E-state index contributed by atoms with van der Waals surface area (Å²) in [6, 6.07) is 16.1. The average molecular weight is 250 g/mol. The molecule has 0 atom stereocenters. The fourth-order valence-electron chi connectivity index (χ4n) is 1.24. The summed E-state index contributed by atoms with van der Waals surface area (Å²) in [5.41, 5.74) is 2.32. The number of anilines is 1. The summed E-state index contributed by atoms with van der Waals surface area (Å²) in [5, 5.41) is 0.755. The van der Waals surface area contributed by atoms with Crippen molar-refractivity contribution in [3.63, 3.8) is 0 Å². The van der Waals surface area contributed by atoms with E-state index in [0.29, 0.717) is 0 Å². The molecule has 2 aromatic carbocycles. The van der Waals surface area contributed by atoms with E-state index in [1.54, 1.807) is 11.9 Å². The molecule has 3 heteroatoms. The lowest BCUT2D eigenvalue weighted by Gasteiger charge is -2.05. The Morgan fingerprint density at radius 1 is 0.938 bits per heavy atom. The predicted octanol–water partition coefficient (Wildman–Crippen LogP) is 4.77. The molecule has 0 aliphatic rings. The first-order valence-corrected chi connectivity index (χ1v) is 6.18. The van der Waals surface area contributed by atoms with Gasteiger partial charge in [0, 0.05) is 15.6 Å². The van der Waals surface area contributed by atoms with E-state index < -0.39 is 0 Å². The molecule has 0 amide bonds. The maximum Gasteiger partial charge on any atom is 0.0444 e. The first-order valence-electron chi connectivity index (χ1n) is 4.99. The van der Waals surface area contributed by atoms with Crippen molar-refractivity contribution < 1.29 is 0 Å². The van der Waals surface area contributed by atoms with Gasteiger partial charge in [0.1, 0.15) is 0 Å². The van der Waals surface area contributed by atoms with E-state index in [2.05, 4.69) is 35.9 Å². The molecule has 0 radical (unpaired) electrons. The van der Waals surface area contributed by atoms with Gasteiger partial charge in [-0.1, -0.05) is 29.3 Å². The second-order valence-corrected chi connectivity index (χ2v) is 4.84. The van der Waals surface area contributed by atoms with Crippen molar-refractivity contribution in [2.45, 2.75) is 11.8 Å². The Labute approximate surface area is 105 Å². The van der Waals surface area contributed by atoms with Crippen molar-refractivity contribution in [2.75, 3.05) is 4.72 Å². The van der Waals surface area contributed by atoms with Crippen LogP contribution in [0, 0.1) is 6.92 Å². The zero-order valence-electron chi connectivity index (χ0n) is 8.91. The summed E-state index contributed by atoms with van der Waals surface area (Å²) in [4.78, 5) is 1.19. The molecule has 0 unspecified atom stereocenters. The Kier molecular flexibility index (Phi) is 3.75. The van der Waals surface area contributed by atoms with Crippen LogP contribution in [0.4, 0.5) is 5.69 Å². The SMILES string of the molecule is Cc1ccc(SNc2ccc(Cl)cc2)cc1. The highest BCUT2D eigenvalue weighted by molar-refractivity contribution is 8.00. The molecule has 82 valence electrons. The molecule has 1 nitrogen and oxygen atoms in total. The molecule has 0 saturated carbocycles. The normalized spacial score (nSPS) is 10.1. The lowest BCUT2D eigenvalue weighted by atomic mass is 10.2. The highest BCUT2D eigenvalue weighted by Crippen LogP contribution is 2.22. The van der Waals surface area contributed by atoms with Crippen LogP contribution >= 0.6 is 23.5 Å². The number of halogens is 1. The Balaban J connectivity index is 1.97. The van der Waals surface area contributed by atoms with Gasteiger partial charge in [0.05, 0.1) is 0 Å². The van der Waals surface area contributed by atoms with Crippen molar-refractivity contribution in [2.24, 2.45) is 0 Å². The van der Waals surface area contributed by atoms with Crippen LogP contribution in [-0.2, 0) is 0 Å². The summed E-state index contributed by atoms with van der Waals surface area (Å²) < 4.78 is 3.27. The minimum atomic E-state index is 0.755. The molecule has 0 heterocycles. The minimum absolute atomic E-state index is 0.755. The van der Waals surface area contributed by atoms with Gasteiger partial charge in [-0.15, -0.1) is 0 Å². The Hall–Kier alpha value is -1.12. The molecule has 2 rings (SSSR count). The van der Waals surface area contributed by atoms with Crippen LogP contribution in [0.3, 0.4) is 0 Å². The molecule has 0 fully saturated rings. The van der Waals surface area contributed by atoms with Gasteiger partial charge in [0.15, 0.2) is 0 Å². The number of benzene rings is 2. The zero-order valence-corrected chi connectivity index (χ0v) is 10.5. The van der Waals surface area contributed by atoms with Gasteiger partial charge >= 0.3 is 0 Å². The topological polar surface area (TPSA) is 12.0 Å². The molecule has 1 N–H and O–H groups in total. The van der Waals surface area contributed by atoms with Crippen LogP contribution in [0.25, 0.3) is 0 Å². The number of nitrogens with one attached hydrogen (secondary N) is 1. The smallest absolute Gasteiger partial charge is 0.0444 e. The van der Waals surface area contributed by atoms with Crippen molar-refractivity contribution in [3.8, 4) is 0 Å². The second kappa shape index (κ2) is 5.28. The minimum Gasteiger partial charge on any atom is -0.326 e. The van der Waals surface area contributed by atoms with E-state index in [9.17, 15) is 0 Å². The van der Waals surface area contributed by atoms with Crippen LogP contribution in [0.5, 0.6) is 0 Å². The summed E-state index contributed by atoms with van der Waals surface area (Å²) in [7, 11) is 0. The van der Waals surface area contributed by atoms with Gasteiger partial charge in [-0.3, -0.25) is 0 Å². The fourth-order valence-corrected chi connectivity index (χ4v) is 2.01. The molecule has 0 aromatic heterocycles. The molecular weight excluding hydrogens is 238 g/mol. The second-order valence-electron chi connectivity index (χ2n) is 3.52. The van der Waals surface area contributed by atoms with E-state index in [1.165, 1.54) is 10.5 Å². The van der Waals surface area contributed by atoms with Crippen LogP contribution < -0.4 is 4.72 Å². The highest BCUT2D eigenvalue weighted by Gasteiger charge is 1.95. The Morgan fingerprint density at radius 2 is 1.56 bits per heavy atom. The molecule has 0 bridgehead atoms. The maximum atomic E-state index is 5.81. The van der Waals surface area contributed by atoms with Gasteiger partial charge in [-0.05, 0) is 55.3 Å². The number of hydrogen-bond acceptors (Lipinski definition) is 2. The molecule has 16 heavy (non-hydrogen) atoms. The Bertz CT molecular complexity index is 405. The summed E-state index contributed by atoms with van der Waals surface area (Å²) in [5.74, 6) is 0. The van der Waals surface area contributed by atoms with E-state index in [4.69, 9.17) is 11.6 Å². The van der Waals surface area contributed by atoms with Crippen LogP contribution in [0.2, 0.25) is 5.02 Å². The standard InChI is InChI=1S/C13H12ClNS/c1-10-2-8-13(9-3-10)16-15-12-6-4-11(14)5-7-12/h2-9,15H,1H3. The third kappa shape index (κ3) is 3.19. The predicted molar refractivity (Wildman–Crippen MR) is 72.1 cm³/mol. The molecular formula is C13H12ClNS. The van der Waals surface area contributed by atoms with Gasteiger partial charge in [0.2, 0.25) is 0 Å². The van der Waals surface area contributed by atoms with Crippen molar-refractivity contribution in [3.05, 3.63) is 59.1 Å². The van der Waals surface area contributed by atoms with Crippen molar-refractivity contribution in [1.82, 2.24) is 0 Å². The molecule has 0 spiro atoms. The molecule has 0 saturated heterocycles. The number of hydrogen-bond donors (Lipinski definition) is 1. The summed E-state index contributed by atoms with van der Waals surface area (Å²) in [6.45, 7) is 2.08. The number of aryl methyl sites for hydroxylation is 1. The molecule has 0 aliphatic carbocycles. The van der Waals surface area contributed by atoms with E-state index in [0.717, 1.165) is 10.7 Å². The summed E-state index contributed by atoms with van der Waals surface area (Å²) >= 11 is 7.41. The van der Waals surface area contributed by atoms with E-state index in [-0.39, 0.29) is 0 Å². The maximum absolute atomic E-state index is 5.81. The quantitative estimate of drug-likeness (QED) is 0.787. The first-order chi connectivity index (χ1) is 7.74. The van der Waals surface area contributed by atoms with Crippen molar-refractivity contribution >= 4 is 29.2 Å². The summed E-state index contributed by atoms with van der Waals surface area (Å²) in [6.07, 6.45) is 0. The fraction of sp³-hybridized carbons (Fsp3) is 0.0769. The van der Waals surface area contributed by atoms with Gasteiger partial charge in [-0.2, -0.15) is 0 Å². The molecule has 0 aliphatic heterocycles. The van der Waals surface area contributed by atoms with Crippen LogP contribution in [-0.4, -0.2) is 0 Å². The van der Waals surface area contributed by atoms with Gasteiger partial charge < -0.3 is 4.72 Å². The van der Waals surface area contributed by atoms with Gasteiger partial charge in [0.25, 0.3) is 0 Å². The highest BCUT2D eigenvalue weighted by atomic mass is 35.5. The van der Waals surface area contributed by atoms with E-state index >= 15 is 0 Å². The van der Waals surface area contributed by atoms with E-state index in [1.807, 2.05) is 24.3 Å². The van der Waals surface area contributed by atoms with Crippen molar-refractivity contribution in [1.29, 1.82) is 0 Å². The van der Waals surface area contributed by atoms with Crippen LogP contribution in [0.1, 0.15) is 5.56 Å². The zero-order chi connectivity index (χ0) is 11.4. The third-order valence-corrected chi connectivity index (χ3v) is 3.25. The van der Waals surface area contributed by atoms with Gasteiger partial charge in [-0.25, -0.2) is 0 Å². The largest absolute Gasteiger partial charge is 0.326 e. The average Bonchev–Trinajstić information content (AvgIpc) is 2.30. The Morgan fingerprint density at radius 3 is 2.19 bits per heavy atom. The lowest BCUT2D eigenvalue weighted by Crippen LogP contribution is -1.85. The first kappa shape index (κ1) is 11.4. The van der Waals surface area contributed by atoms with Crippen LogP contribution in [0.15, 0.2) is 53.4 Å². The number of rotatable bonds is 3. The lowest BCUT2D eigenvalue weighted by molar-refractivity contribution is 1.38. The molecule has 2 aromatic rings. The monoisotopic (exact) mass is 249 g/mol.